The predicted molar refractivity (Wildman–Crippen MR) is 99.9 cm³/mol. The molecule has 0 bridgehead atoms. The fourth-order valence-corrected chi connectivity index (χ4v) is 3.35. The molecule has 4 rings (SSSR count). The van der Waals surface area contributed by atoms with E-state index >= 15 is 0 Å². The summed E-state index contributed by atoms with van der Waals surface area (Å²) in [5.41, 5.74) is 10.6. The van der Waals surface area contributed by atoms with Gasteiger partial charge >= 0.3 is 0 Å². The molecule has 0 N–H and O–H groups in total. The van der Waals surface area contributed by atoms with Crippen LogP contribution < -0.4 is 4.74 Å². The van der Waals surface area contributed by atoms with E-state index in [4.69, 9.17) is 13.0 Å². The Morgan fingerprint density at radius 3 is 2.85 bits per heavy atom. The van der Waals surface area contributed by atoms with Crippen molar-refractivity contribution in [3.05, 3.63) is 64.5 Å². The van der Waals surface area contributed by atoms with Crippen LogP contribution in [0, 0.1) is 0 Å². The lowest BCUT2D eigenvalue weighted by molar-refractivity contribution is 0.416. The van der Waals surface area contributed by atoms with Gasteiger partial charge in [-0.2, -0.15) is 9.78 Å². The van der Waals surface area contributed by atoms with Crippen LogP contribution in [0.2, 0.25) is 0 Å². The van der Waals surface area contributed by atoms with E-state index in [9.17, 15) is 0 Å². The van der Waals surface area contributed by atoms with Gasteiger partial charge in [-0.3, -0.25) is 0 Å². The number of methoxy groups -OCH3 is 1. The van der Waals surface area contributed by atoms with Crippen LogP contribution in [0.4, 0.5) is 5.69 Å². The van der Waals surface area contributed by atoms with E-state index in [2.05, 4.69) is 25.3 Å². The van der Waals surface area contributed by atoms with Gasteiger partial charge in [0.05, 0.1) is 21.1 Å². The quantitative estimate of drug-likeness (QED) is 0.391. The Hall–Kier alpha value is -3.29. The molecular weight excluding hydrogens is 350 g/mol. The van der Waals surface area contributed by atoms with Crippen LogP contribution in [0.1, 0.15) is 8.30 Å². The van der Waals surface area contributed by atoms with Crippen molar-refractivity contribution in [2.45, 2.75) is 5.16 Å². The lowest BCUT2D eigenvalue weighted by Gasteiger charge is -2.14. The molecular formula is C17H13N7OS. The molecule has 128 valence electrons. The summed E-state index contributed by atoms with van der Waals surface area (Å²) in [7, 11) is 1.59. The van der Waals surface area contributed by atoms with Crippen molar-refractivity contribution in [3.8, 4) is 17.1 Å². The fraction of sp³-hybridized carbons (Fsp3) is 0.118. The molecule has 1 aliphatic heterocycles. The molecule has 0 atom stereocenters. The first-order valence-electron chi connectivity index (χ1n) is 8.58. The third kappa shape index (κ3) is 2.90. The molecule has 0 fully saturated rings. The first-order chi connectivity index (χ1) is 13.6. The molecule has 0 aliphatic carbocycles. The molecule has 0 spiro atoms. The van der Waals surface area contributed by atoms with Crippen molar-refractivity contribution in [2.75, 3.05) is 12.9 Å². The van der Waals surface area contributed by atoms with Crippen molar-refractivity contribution >= 4 is 23.2 Å². The number of hydrogen-bond acceptors (Lipinski definition) is 6. The van der Waals surface area contributed by atoms with E-state index in [1.165, 1.54) is 11.8 Å². The normalized spacial score (nSPS) is 13.8. The van der Waals surface area contributed by atoms with Crippen LogP contribution in [-0.2, 0) is 0 Å². The first-order valence-corrected chi connectivity index (χ1v) is 8.57. The van der Waals surface area contributed by atoms with Gasteiger partial charge in [0.1, 0.15) is 5.75 Å². The standard InChI is InChI=1S/C17H13N7OS/c1-25-15-5-3-2-4-13(15)16-20-21-17-24(16)22-14(10-26-17)11-6-8-12(9-7-11)19-23-18/h2-9H,10H2,1H3/i8T,9T. The van der Waals surface area contributed by atoms with Crippen LogP contribution in [0.15, 0.2) is 63.9 Å². The minimum atomic E-state index is -0.0208. The second kappa shape index (κ2) is 6.91. The van der Waals surface area contributed by atoms with Crippen molar-refractivity contribution < 1.29 is 7.48 Å². The number of nitrogens with zero attached hydrogens (tertiary/aromatic N) is 7. The third-order valence-electron chi connectivity index (χ3n) is 3.73. The zero-order chi connectivity index (χ0) is 19.7. The van der Waals surface area contributed by atoms with Crippen molar-refractivity contribution in [2.24, 2.45) is 10.2 Å². The van der Waals surface area contributed by atoms with Crippen LogP contribution in [0.3, 0.4) is 0 Å². The van der Waals surface area contributed by atoms with E-state index in [1.807, 2.05) is 24.3 Å². The molecule has 2 aromatic carbocycles. The lowest BCUT2D eigenvalue weighted by Crippen LogP contribution is -2.13. The predicted octanol–water partition coefficient (Wildman–Crippen LogP) is 4.25. The smallest absolute Gasteiger partial charge is 0.212 e. The number of rotatable bonds is 4. The second-order valence-corrected chi connectivity index (χ2v) is 6.17. The summed E-state index contributed by atoms with van der Waals surface area (Å²) in [4.78, 5) is 2.67. The van der Waals surface area contributed by atoms with Crippen molar-refractivity contribution in [1.82, 2.24) is 14.9 Å². The molecule has 0 saturated heterocycles. The summed E-state index contributed by atoms with van der Waals surface area (Å²) in [5, 5.41) is 17.2. The van der Waals surface area contributed by atoms with Gasteiger partial charge in [0.25, 0.3) is 0 Å². The summed E-state index contributed by atoms with van der Waals surface area (Å²) >= 11 is 1.46. The highest BCUT2D eigenvalue weighted by molar-refractivity contribution is 7.99. The second-order valence-electron chi connectivity index (χ2n) is 5.22. The van der Waals surface area contributed by atoms with Gasteiger partial charge in [0, 0.05) is 16.4 Å². The number of para-hydroxylation sites is 1. The molecule has 0 radical (unpaired) electrons. The van der Waals surface area contributed by atoms with Crippen molar-refractivity contribution in [3.63, 3.8) is 0 Å². The number of fused-ring (bicyclic) bond motifs is 1. The van der Waals surface area contributed by atoms with E-state index < -0.39 is 0 Å². The number of ether oxygens (including phenoxy) is 1. The number of thioether (sulfide) groups is 1. The van der Waals surface area contributed by atoms with Crippen LogP contribution in [-0.4, -0.2) is 33.4 Å². The topological polar surface area (TPSA) is 101 Å². The van der Waals surface area contributed by atoms with Crippen molar-refractivity contribution in [1.29, 1.82) is 0 Å². The third-order valence-corrected chi connectivity index (χ3v) is 4.66. The molecule has 1 aliphatic rings. The van der Waals surface area contributed by atoms with Crippen LogP contribution in [0.25, 0.3) is 21.8 Å². The summed E-state index contributed by atoms with van der Waals surface area (Å²) in [5.74, 6) is 1.72. The average molecular weight is 367 g/mol. The summed E-state index contributed by atoms with van der Waals surface area (Å²) in [6, 6.07) is 10.5. The number of azide groups is 1. The van der Waals surface area contributed by atoms with Gasteiger partial charge in [-0.25, -0.2) is 0 Å². The Kier molecular flexibility index (Phi) is 3.70. The molecule has 0 saturated carbocycles. The molecule has 26 heavy (non-hydrogen) atoms. The highest BCUT2D eigenvalue weighted by Gasteiger charge is 2.22. The summed E-state index contributed by atoms with van der Waals surface area (Å²) in [6.45, 7) is 0. The maximum Gasteiger partial charge on any atom is 0.212 e. The number of hydrogen-bond donors (Lipinski definition) is 0. The monoisotopic (exact) mass is 367 g/mol. The van der Waals surface area contributed by atoms with Crippen LogP contribution >= 0.6 is 11.8 Å². The maximum atomic E-state index is 8.59. The molecule has 8 nitrogen and oxygen atoms in total. The Labute approximate surface area is 156 Å². The SMILES string of the molecule is [3H]c1cc(C2=Nn3c(nnc3-c3ccccc3OC)SC2)cc([3H])c1N=[N+]=[N-]. The lowest BCUT2D eigenvalue weighted by atomic mass is 10.1. The van der Waals surface area contributed by atoms with E-state index in [-0.39, 0.29) is 17.8 Å². The van der Waals surface area contributed by atoms with Gasteiger partial charge < -0.3 is 4.74 Å². The van der Waals surface area contributed by atoms with Gasteiger partial charge in [0.2, 0.25) is 5.16 Å². The molecule has 9 heteroatoms. The first kappa shape index (κ1) is 13.9. The molecule has 0 unspecified atom stereocenters. The zero-order valence-corrected chi connectivity index (χ0v) is 14.4. The Morgan fingerprint density at radius 2 is 2.08 bits per heavy atom. The minimum Gasteiger partial charge on any atom is -0.496 e. The van der Waals surface area contributed by atoms with E-state index in [1.54, 1.807) is 23.9 Å². The zero-order valence-electron chi connectivity index (χ0n) is 15.6. The average Bonchev–Trinajstić information content (AvgIpc) is 3.13. The Balaban J connectivity index is 1.81. The maximum absolute atomic E-state index is 8.59. The van der Waals surface area contributed by atoms with Gasteiger partial charge in [0.15, 0.2) is 5.82 Å². The molecule has 0 amide bonds. The highest BCUT2D eigenvalue weighted by atomic mass is 32.2. The molecule has 3 aromatic rings. The molecule has 2 heterocycles. The van der Waals surface area contributed by atoms with Gasteiger partial charge in [-0.15, -0.1) is 10.2 Å². The van der Waals surface area contributed by atoms with E-state index in [0.717, 1.165) is 5.56 Å². The fourth-order valence-electron chi connectivity index (χ4n) is 2.51. The summed E-state index contributed by atoms with van der Waals surface area (Å²) < 4.78 is 23.1. The van der Waals surface area contributed by atoms with Crippen LogP contribution in [0.5, 0.6) is 5.75 Å². The van der Waals surface area contributed by atoms with Gasteiger partial charge in [-0.1, -0.05) is 53.2 Å². The summed E-state index contributed by atoms with van der Waals surface area (Å²) in [6.07, 6.45) is 0. The Morgan fingerprint density at radius 1 is 1.27 bits per heavy atom. The van der Waals surface area contributed by atoms with Gasteiger partial charge in [-0.05, 0) is 23.2 Å². The highest BCUT2D eigenvalue weighted by Crippen LogP contribution is 2.33. The largest absolute Gasteiger partial charge is 0.496 e. The van der Waals surface area contributed by atoms with E-state index in [0.29, 0.717) is 33.8 Å². The minimum absolute atomic E-state index is 0.00462. The number of benzene rings is 2. The molecule has 1 aromatic heterocycles. The number of aromatic nitrogens is 3. The Bertz CT molecular complexity index is 1130.